The summed E-state index contributed by atoms with van der Waals surface area (Å²) in [5.74, 6) is 0.299. The summed E-state index contributed by atoms with van der Waals surface area (Å²) in [5, 5.41) is 0.484. The highest BCUT2D eigenvalue weighted by Crippen LogP contribution is 2.36. The van der Waals surface area contributed by atoms with Crippen molar-refractivity contribution in [3.05, 3.63) is 58.4 Å². The largest absolute Gasteiger partial charge is 0.495 e. The average molecular weight is 601 g/mol. The van der Waals surface area contributed by atoms with Crippen LogP contribution in [0.3, 0.4) is 0 Å². The van der Waals surface area contributed by atoms with Crippen molar-refractivity contribution < 1.29 is 23.5 Å². The molecule has 4 bridgehead atoms. The molecule has 0 aliphatic carbocycles. The Morgan fingerprint density at radius 1 is 0.738 bits per heavy atom. The highest BCUT2D eigenvalue weighted by molar-refractivity contribution is 6.32. The van der Waals surface area contributed by atoms with Crippen LogP contribution in [0.25, 0.3) is 0 Å². The predicted molar refractivity (Wildman–Crippen MR) is 161 cm³/mol. The van der Waals surface area contributed by atoms with E-state index in [1.165, 1.54) is 19.2 Å². The van der Waals surface area contributed by atoms with Gasteiger partial charge in [-0.15, -0.1) is 0 Å². The maximum absolute atomic E-state index is 13.8. The van der Waals surface area contributed by atoms with E-state index in [1.54, 1.807) is 31.4 Å². The standard InChI is InChI=1S/C16H21ClN2O2.C16H21FN2O2/c2*1-10(2)18-8-12-7-13(9-18)19(12)16(20)11-4-5-15(21-3)14(17)6-11/h2*4-6,10,12-13H,7-9H2,1-3H3. The number of hydrogen-bond acceptors (Lipinski definition) is 6. The molecule has 42 heavy (non-hydrogen) atoms. The molecule has 4 heterocycles. The second-order valence-electron chi connectivity index (χ2n) is 12.3. The summed E-state index contributed by atoms with van der Waals surface area (Å²) in [5.41, 5.74) is 1.05. The van der Waals surface area contributed by atoms with Crippen LogP contribution in [-0.2, 0) is 0 Å². The Balaban J connectivity index is 0.000000168. The van der Waals surface area contributed by atoms with Crippen LogP contribution >= 0.6 is 11.6 Å². The third kappa shape index (κ3) is 5.83. The van der Waals surface area contributed by atoms with Gasteiger partial charge in [0.15, 0.2) is 11.6 Å². The quantitative estimate of drug-likeness (QED) is 0.475. The Hall–Kier alpha value is -2.88. The molecule has 10 heteroatoms. The lowest BCUT2D eigenvalue weighted by Crippen LogP contribution is -2.70. The molecule has 8 nitrogen and oxygen atoms in total. The topological polar surface area (TPSA) is 65.6 Å². The summed E-state index contributed by atoms with van der Waals surface area (Å²) in [7, 11) is 2.99. The van der Waals surface area contributed by atoms with E-state index in [4.69, 9.17) is 21.1 Å². The summed E-state index contributed by atoms with van der Waals surface area (Å²) in [4.78, 5) is 34.0. The molecule has 0 saturated carbocycles. The predicted octanol–water partition coefficient (Wildman–Crippen LogP) is 4.80. The van der Waals surface area contributed by atoms with Crippen molar-refractivity contribution >= 4 is 23.4 Å². The zero-order chi connectivity index (χ0) is 30.3. The van der Waals surface area contributed by atoms with Crippen molar-refractivity contribution in [1.29, 1.82) is 0 Å². The summed E-state index contributed by atoms with van der Waals surface area (Å²) < 4.78 is 23.8. The lowest BCUT2D eigenvalue weighted by atomic mass is 9.86. The molecule has 4 unspecified atom stereocenters. The molecule has 4 saturated heterocycles. The summed E-state index contributed by atoms with van der Waals surface area (Å²) in [6.45, 7) is 12.6. The monoisotopic (exact) mass is 600 g/mol. The fraction of sp³-hybridized carbons (Fsp3) is 0.562. The van der Waals surface area contributed by atoms with Gasteiger partial charge in [0.1, 0.15) is 5.75 Å². The van der Waals surface area contributed by atoms with Crippen molar-refractivity contribution in [2.45, 2.75) is 76.8 Å². The SMILES string of the molecule is COc1ccc(C(=O)N2C3CC2CN(C(C)C)C3)cc1Cl.COc1ccc(C(=O)N2C3CC2CN(C(C)C)C3)cc1F. The molecule has 2 amide bonds. The number of carbonyl (C=O) groups excluding carboxylic acids is 2. The smallest absolute Gasteiger partial charge is 0.254 e. The van der Waals surface area contributed by atoms with Crippen molar-refractivity contribution in [3.63, 3.8) is 0 Å². The van der Waals surface area contributed by atoms with E-state index in [0.717, 1.165) is 39.0 Å². The van der Waals surface area contributed by atoms with Crippen LogP contribution in [0.4, 0.5) is 4.39 Å². The van der Waals surface area contributed by atoms with Gasteiger partial charge in [-0.05, 0) is 76.9 Å². The number of likely N-dealkylation sites (tertiary alicyclic amines) is 4. The highest BCUT2D eigenvalue weighted by atomic mass is 35.5. The number of piperazine rings is 2. The van der Waals surface area contributed by atoms with Crippen molar-refractivity contribution in [2.24, 2.45) is 0 Å². The summed E-state index contributed by atoms with van der Waals surface area (Å²) in [6, 6.07) is 12.0. The van der Waals surface area contributed by atoms with E-state index >= 15 is 0 Å². The number of amides is 2. The number of rotatable bonds is 6. The van der Waals surface area contributed by atoms with E-state index in [1.807, 2.05) is 9.80 Å². The third-order valence-electron chi connectivity index (χ3n) is 9.17. The summed E-state index contributed by atoms with van der Waals surface area (Å²) in [6.07, 6.45) is 2.19. The fourth-order valence-electron chi connectivity index (χ4n) is 6.69. The van der Waals surface area contributed by atoms with Crippen LogP contribution in [-0.4, -0.2) is 108 Å². The van der Waals surface area contributed by atoms with Gasteiger partial charge in [-0.2, -0.15) is 0 Å². The molecule has 4 aliphatic rings. The van der Waals surface area contributed by atoms with Crippen molar-refractivity contribution in [2.75, 3.05) is 40.4 Å². The minimum absolute atomic E-state index is 0.0683. The second kappa shape index (κ2) is 12.4. The molecule has 4 aliphatic heterocycles. The fourth-order valence-corrected chi connectivity index (χ4v) is 6.95. The zero-order valence-corrected chi connectivity index (χ0v) is 26.1. The first-order valence-electron chi connectivity index (χ1n) is 14.8. The van der Waals surface area contributed by atoms with Gasteiger partial charge < -0.3 is 19.3 Å². The van der Waals surface area contributed by atoms with Crippen LogP contribution in [0.2, 0.25) is 5.02 Å². The highest BCUT2D eigenvalue weighted by Gasteiger charge is 2.48. The van der Waals surface area contributed by atoms with E-state index in [-0.39, 0.29) is 29.6 Å². The number of methoxy groups -OCH3 is 2. The molecular formula is C32H42ClFN4O4. The number of hydrogen-bond donors (Lipinski definition) is 0. The molecule has 0 N–H and O–H groups in total. The molecule has 0 radical (unpaired) electrons. The Morgan fingerprint density at radius 2 is 1.14 bits per heavy atom. The molecule has 4 fully saturated rings. The van der Waals surface area contributed by atoms with Gasteiger partial charge >= 0.3 is 0 Å². The molecule has 228 valence electrons. The molecule has 0 spiro atoms. The van der Waals surface area contributed by atoms with E-state index < -0.39 is 5.82 Å². The molecule has 2 aromatic carbocycles. The molecule has 2 aromatic rings. The minimum Gasteiger partial charge on any atom is -0.495 e. The van der Waals surface area contributed by atoms with Gasteiger partial charge in [0.25, 0.3) is 11.8 Å². The van der Waals surface area contributed by atoms with Crippen molar-refractivity contribution in [3.8, 4) is 11.5 Å². The maximum atomic E-state index is 13.8. The summed E-state index contributed by atoms with van der Waals surface area (Å²) >= 11 is 6.12. The van der Waals surface area contributed by atoms with Gasteiger partial charge in [0.2, 0.25) is 0 Å². The number of nitrogens with zero attached hydrogens (tertiary/aromatic N) is 4. The molecule has 4 atom stereocenters. The average Bonchev–Trinajstić information content (AvgIpc) is 2.97. The first kappa shape index (κ1) is 30.6. The first-order valence-corrected chi connectivity index (χ1v) is 15.2. The van der Waals surface area contributed by atoms with Crippen molar-refractivity contribution in [1.82, 2.24) is 19.6 Å². The Morgan fingerprint density at radius 3 is 1.50 bits per heavy atom. The number of piperidine rings is 2. The number of fused-ring (bicyclic) bond motifs is 4. The van der Waals surface area contributed by atoms with Crippen LogP contribution < -0.4 is 9.47 Å². The molecule has 6 rings (SSSR count). The van der Waals surface area contributed by atoms with E-state index in [2.05, 4.69) is 37.5 Å². The number of benzene rings is 2. The van der Waals surface area contributed by atoms with Crippen LogP contribution in [0.15, 0.2) is 36.4 Å². The maximum Gasteiger partial charge on any atom is 0.254 e. The number of halogens is 2. The minimum atomic E-state index is -0.488. The van der Waals surface area contributed by atoms with Gasteiger partial charge in [0.05, 0.1) is 19.2 Å². The van der Waals surface area contributed by atoms with E-state index in [0.29, 0.717) is 46.1 Å². The number of ether oxygens (including phenoxy) is 2. The lowest BCUT2D eigenvalue weighted by Gasteiger charge is -2.57. The van der Waals surface area contributed by atoms with E-state index in [9.17, 15) is 14.0 Å². The first-order chi connectivity index (χ1) is 20.0. The van der Waals surface area contributed by atoms with Gasteiger partial charge in [-0.1, -0.05) is 11.6 Å². The van der Waals surface area contributed by atoms with Gasteiger partial charge in [-0.3, -0.25) is 19.4 Å². The normalized spacial score (nSPS) is 24.9. The van der Waals surface area contributed by atoms with Crippen LogP contribution in [0.1, 0.15) is 61.3 Å². The van der Waals surface area contributed by atoms with Crippen LogP contribution in [0.5, 0.6) is 11.5 Å². The molecular weight excluding hydrogens is 559 g/mol. The van der Waals surface area contributed by atoms with Gasteiger partial charge in [-0.25, -0.2) is 4.39 Å². The van der Waals surface area contributed by atoms with Crippen LogP contribution in [0, 0.1) is 5.82 Å². The Kier molecular flexibility index (Phi) is 9.02. The second-order valence-corrected chi connectivity index (χ2v) is 12.7. The zero-order valence-electron chi connectivity index (χ0n) is 25.3. The lowest BCUT2D eigenvalue weighted by molar-refractivity contribution is -0.0565. The Labute approximate surface area is 253 Å². The van der Waals surface area contributed by atoms with Gasteiger partial charge in [0, 0.05) is 73.6 Å². The molecule has 0 aromatic heterocycles. The third-order valence-corrected chi connectivity index (χ3v) is 9.47. The Bertz CT molecular complexity index is 1200. The number of carbonyl (C=O) groups is 2.